The molecule has 1 heterocycles. The molecule has 0 amide bonds. The number of benzene rings is 2. The topological polar surface area (TPSA) is 79.2 Å². The molecule has 190 valence electrons. The monoisotopic (exact) mass is 538 g/mol. The summed E-state index contributed by atoms with van der Waals surface area (Å²) in [6.45, 7) is 0. The number of nitrogens with zero attached hydrogens (tertiary/aromatic N) is 1. The Morgan fingerprint density at radius 2 is 1.69 bits per heavy atom. The maximum atomic E-state index is 13.1. The van der Waals surface area contributed by atoms with E-state index < -0.39 is 41.5 Å². The van der Waals surface area contributed by atoms with Crippen molar-refractivity contribution < 1.29 is 27.5 Å². The third-order valence-corrected chi connectivity index (χ3v) is 7.68. The zero-order chi connectivity index (χ0) is 26.1. The number of nitriles is 1. The van der Waals surface area contributed by atoms with Gasteiger partial charge in [0.2, 0.25) is 0 Å². The van der Waals surface area contributed by atoms with Gasteiger partial charge < -0.3 is 4.74 Å². The zero-order valence-corrected chi connectivity index (χ0v) is 20.5. The molecule has 2 aromatic rings. The SMILES string of the molecule is N#C[C@]1(c2ccc(Cl)cc2)[C@H](C2CCCCC2)N[C@@H](C(=O)OC(=O)C(F)(F)F)[C@@H]1c1cccc(Cl)c1. The molecule has 1 aliphatic heterocycles. The van der Waals surface area contributed by atoms with Crippen molar-refractivity contribution in [3.8, 4) is 6.07 Å². The summed E-state index contributed by atoms with van der Waals surface area (Å²) >= 11 is 12.4. The normalized spacial score (nSPS) is 26.8. The third kappa shape index (κ3) is 4.97. The van der Waals surface area contributed by atoms with E-state index in [2.05, 4.69) is 16.1 Å². The molecule has 2 aliphatic rings. The van der Waals surface area contributed by atoms with Crippen molar-refractivity contribution in [1.29, 1.82) is 5.26 Å². The van der Waals surface area contributed by atoms with Crippen LogP contribution in [-0.4, -0.2) is 30.2 Å². The number of nitrogens with one attached hydrogen (secondary N) is 1. The Bertz CT molecular complexity index is 1180. The number of hydrogen-bond donors (Lipinski definition) is 1. The lowest BCUT2D eigenvalue weighted by molar-refractivity contribution is -0.202. The Labute approximate surface area is 216 Å². The summed E-state index contributed by atoms with van der Waals surface area (Å²) in [5.74, 6) is -5.03. The molecule has 0 unspecified atom stereocenters. The van der Waals surface area contributed by atoms with Crippen molar-refractivity contribution in [2.75, 3.05) is 0 Å². The van der Waals surface area contributed by atoms with Crippen molar-refractivity contribution in [1.82, 2.24) is 5.32 Å². The lowest BCUT2D eigenvalue weighted by Gasteiger charge is -2.39. The average Bonchev–Trinajstić information content (AvgIpc) is 3.21. The lowest BCUT2D eigenvalue weighted by Crippen LogP contribution is -2.47. The van der Waals surface area contributed by atoms with Gasteiger partial charge >= 0.3 is 18.1 Å². The second-order valence-corrected chi connectivity index (χ2v) is 10.1. The highest BCUT2D eigenvalue weighted by molar-refractivity contribution is 6.30. The predicted molar refractivity (Wildman–Crippen MR) is 127 cm³/mol. The van der Waals surface area contributed by atoms with Gasteiger partial charge in [0.05, 0.1) is 6.07 Å². The van der Waals surface area contributed by atoms with Gasteiger partial charge in [0.25, 0.3) is 0 Å². The number of carbonyl (C=O) groups excluding carboxylic acids is 2. The fraction of sp³-hybridized carbons (Fsp3) is 0.423. The summed E-state index contributed by atoms with van der Waals surface area (Å²) in [4.78, 5) is 24.7. The Morgan fingerprint density at radius 1 is 1.03 bits per heavy atom. The molecule has 0 radical (unpaired) electrons. The molecule has 2 fully saturated rings. The van der Waals surface area contributed by atoms with Gasteiger partial charge in [-0.1, -0.05) is 66.7 Å². The van der Waals surface area contributed by atoms with Crippen LogP contribution in [0.4, 0.5) is 13.2 Å². The van der Waals surface area contributed by atoms with Gasteiger partial charge in [-0.2, -0.15) is 18.4 Å². The summed E-state index contributed by atoms with van der Waals surface area (Å²) in [5, 5.41) is 14.7. The summed E-state index contributed by atoms with van der Waals surface area (Å²) < 4.78 is 43.1. The van der Waals surface area contributed by atoms with Gasteiger partial charge in [0.1, 0.15) is 11.5 Å². The predicted octanol–water partition coefficient (Wildman–Crippen LogP) is 6.09. The molecule has 0 aromatic heterocycles. The number of halogens is 5. The van der Waals surface area contributed by atoms with E-state index in [1.54, 1.807) is 48.5 Å². The van der Waals surface area contributed by atoms with E-state index in [1.807, 2.05) is 0 Å². The Balaban J connectivity index is 1.90. The van der Waals surface area contributed by atoms with Crippen LogP contribution in [0.5, 0.6) is 0 Å². The number of esters is 2. The second kappa shape index (κ2) is 10.4. The number of carbonyl (C=O) groups is 2. The van der Waals surface area contributed by atoms with Crippen LogP contribution in [-0.2, 0) is 19.7 Å². The van der Waals surface area contributed by atoms with Crippen LogP contribution in [0.25, 0.3) is 0 Å². The first-order valence-corrected chi connectivity index (χ1v) is 12.3. The van der Waals surface area contributed by atoms with Gasteiger partial charge in [-0.15, -0.1) is 0 Å². The molecule has 5 nitrogen and oxygen atoms in total. The summed E-state index contributed by atoms with van der Waals surface area (Å²) in [5.41, 5.74) is -0.367. The molecule has 1 N–H and O–H groups in total. The number of rotatable bonds is 4. The lowest BCUT2D eigenvalue weighted by atomic mass is 9.61. The largest absolute Gasteiger partial charge is 0.491 e. The van der Waals surface area contributed by atoms with Crippen molar-refractivity contribution in [3.05, 3.63) is 69.7 Å². The van der Waals surface area contributed by atoms with Gasteiger partial charge in [0, 0.05) is 22.0 Å². The van der Waals surface area contributed by atoms with Crippen LogP contribution in [0.3, 0.4) is 0 Å². The molecule has 1 saturated carbocycles. The molecular formula is C26H23Cl2F3N2O3. The maximum absolute atomic E-state index is 13.1. The highest BCUT2D eigenvalue weighted by atomic mass is 35.5. The minimum absolute atomic E-state index is 0.0353. The van der Waals surface area contributed by atoms with Crippen LogP contribution in [0.15, 0.2) is 48.5 Å². The number of hydrogen-bond acceptors (Lipinski definition) is 5. The van der Waals surface area contributed by atoms with Crippen LogP contribution < -0.4 is 5.32 Å². The zero-order valence-electron chi connectivity index (χ0n) is 19.0. The molecule has 1 saturated heterocycles. The quantitative estimate of drug-likeness (QED) is 0.376. The smallest absolute Gasteiger partial charge is 0.385 e. The van der Waals surface area contributed by atoms with Crippen molar-refractivity contribution in [2.24, 2.45) is 5.92 Å². The van der Waals surface area contributed by atoms with Gasteiger partial charge in [-0.05, 0) is 54.2 Å². The Kier molecular flexibility index (Phi) is 7.65. The van der Waals surface area contributed by atoms with Crippen molar-refractivity contribution in [2.45, 2.75) is 61.7 Å². The molecule has 36 heavy (non-hydrogen) atoms. The van der Waals surface area contributed by atoms with Crippen LogP contribution in [0, 0.1) is 17.2 Å². The fourth-order valence-electron chi connectivity index (χ4n) is 5.71. The number of ether oxygens (including phenoxy) is 1. The van der Waals surface area contributed by atoms with E-state index in [9.17, 15) is 28.0 Å². The van der Waals surface area contributed by atoms with Gasteiger partial charge in [-0.3, -0.25) is 5.32 Å². The third-order valence-electron chi connectivity index (χ3n) is 7.19. The van der Waals surface area contributed by atoms with E-state index in [1.165, 1.54) is 0 Å². The van der Waals surface area contributed by atoms with E-state index in [0.29, 0.717) is 21.2 Å². The minimum Gasteiger partial charge on any atom is -0.385 e. The fourth-order valence-corrected chi connectivity index (χ4v) is 6.04. The van der Waals surface area contributed by atoms with Crippen LogP contribution >= 0.6 is 23.2 Å². The summed E-state index contributed by atoms with van der Waals surface area (Å²) in [6, 6.07) is 13.5. The van der Waals surface area contributed by atoms with E-state index >= 15 is 0 Å². The van der Waals surface area contributed by atoms with Crippen molar-refractivity contribution in [3.63, 3.8) is 0 Å². The number of alkyl halides is 3. The molecule has 0 spiro atoms. The van der Waals surface area contributed by atoms with Crippen LogP contribution in [0.2, 0.25) is 10.0 Å². The van der Waals surface area contributed by atoms with Gasteiger partial charge in [0.15, 0.2) is 0 Å². The molecule has 0 bridgehead atoms. The minimum atomic E-state index is -5.34. The maximum Gasteiger partial charge on any atom is 0.491 e. The molecule has 4 atom stereocenters. The molecule has 1 aliphatic carbocycles. The second-order valence-electron chi connectivity index (χ2n) is 9.25. The summed E-state index contributed by atoms with van der Waals surface area (Å²) in [7, 11) is 0. The molecule has 10 heteroatoms. The highest BCUT2D eigenvalue weighted by Gasteiger charge is 2.62. The molecule has 2 aromatic carbocycles. The van der Waals surface area contributed by atoms with E-state index in [-0.39, 0.29) is 5.92 Å². The van der Waals surface area contributed by atoms with Gasteiger partial charge in [-0.25, -0.2) is 9.59 Å². The first kappa shape index (κ1) is 26.5. The standard InChI is InChI=1S/C26H23Cl2F3N2O3/c27-18-11-9-17(10-12-18)25(14-32)20(16-7-4-8-19(28)13-16)21(23(34)36-24(35)26(29,30)31)33-22(25)15-5-2-1-3-6-15/h4,7-13,15,20-22,33H,1-3,5-6H2/t20-,21+,22-,25+/m0/s1. The highest BCUT2D eigenvalue weighted by Crippen LogP contribution is 2.53. The van der Waals surface area contributed by atoms with Crippen LogP contribution in [0.1, 0.15) is 49.1 Å². The Morgan fingerprint density at radius 3 is 2.28 bits per heavy atom. The Hall–Kier alpha value is -2.60. The van der Waals surface area contributed by atoms with E-state index in [0.717, 1.165) is 32.1 Å². The van der Waals surface area contributed by atoms with Crippen molar-refractivity contribution >= 4 is 35.1 Å². The summed E-state index contributed by atoms with van der Waals surface area (Å²) in [6.07, 6.45) is -0.901. The van der Waals surface area contributed by atoms with E-state index in [4.69, 9.17) is 23.2 Å². The first-order valence-electron chi connectivity index (χ1n) is 11.6. The molecular weight excluding hydrogens is 516 g/mol. The first-order chi connectivity index (χ1) is 17.1. The average molecular weight is 539 g/mol. The molecule has 4 rings (SSSR count).